The molecule has 3 fully saturated rings. The first-order valence-corrected chi connectivity index (χ1v) is 10.8. The molecular formula is C21H32FN3O7. The number of aliphatic hydroxyl groups is 4. The van der Waals surface area contributed by atoms with E-state index in [-0.39, 0.29) is 25.4 Å². The average Bonchev–Trinajstić information content (AvgIpc) is 2.76. The fraction of sp³-hybridized carbons (Fsp3) is 0.714. The number of likely N-dealkylation sites (N-methyl/N-ethyl adjacent to an activating group) is 2. The van der Waals surface area contributed by atoms with Crippen molar-refractivity contribution in [3.63, 3.8) is 0 Å². The number of hydrogen-bond donors (Lipinski definition) is 7. The van der Waals surface area contributed by atoms with Gasteiger partial charge in [0.1, 0.15) is 29.7 Å². The van der Waals surface area contributed by atoms with Crippen LogP contribution in [0.4, 0.5) is 4.39 Å². The molecule has 1 aromatic carbocycles. The van der Waals surface area contributed by atoms with Crippen LogP contribution in [-0.2, 0) is 20.8 Å². The van der Waals surface area contributed by atoms with Crippen molar-refractivity contribution in [2.75, 3.05) is 27.2 Å². The number of nitrogens with one attached hydrogen (secondary N) is 3. The van der Waals surface area contributed by atoms with Crippen molar-refractivity contribution in [3.05, 3.63) is 35.6 Å². The van der Waals surface area contributed by atoms with Crippen LogP contribution in [0.15, 0.2) is 24.3 Å². The molecule has 32 heavy (non-hydrogen) atoms. The van der Waals surface area contributed by atoms with Gasteiger partial charge in [-0.05, 0) is 31.8 Å². The van der Waals surface area contributed by atoms with E-state index >= 15 is 0 Å². The van der Waals surface area contributed by atoms with Gasteiger partial charge in [0, 0.05) is 19.5 Å². The summed E-state index contributed by atoms with van der Waals surface area (Å²) in [5.41, 5.74) is -0.979. The van der Waals surface area contributed by atoms with Gasteiger partial charge in [-0.2, -0.15) is 0 Å². The SMILES string of the molecule is CNC1C(O)C(NC)C2OC3(O)C(OCCC3(O)CNCc3ccc(F)cc3)OC2C1O. The highest BCUT2D eigenvalue weighted by Crippen LogP contribution is 2.44. The minimum Gasteiger partial charge on any atom is -0.390 e. The Kier molecular flexibility index (Phi) is 6.86. The van der Waals surface area contributed by atoms with E-state index in [1.807, 2.05) is 0 Å². The van der Waals surface area contributed by atoms with Crippen LogP contribution in [-0.4, -0.2) is 102 Å². The van der Waals surface area contributed by atoms with Crippen LogP contribution in [0, 0.1) is 5.82 Å². The monoisotopic (exact) mass is 457 g/mol. The van der Waals surface area contributed by atoms with Gasteiger partial charge in [0.2, 0.25) is 12.1 Å². The lowest BCUT2D eigenvalue weighted by atomic mass is 9.78. The highest BCUT2D eigenvalue weighted by Gasteiger charge is 2.67. The molecule has 0 aromatic heterocycles. The third-order valence-electron chi connectivity index (χ3n) is 6.81. The highest BCUT2D eigenvalue weighted by molar-refractivity contribution is 5.16. The largest absolute Gasteiger partial charge is 0.390 e. The van der Waals surface area contributed by atoms with E-state index in [0.717, 1.165) is 5.56 Å². The average molecular weight is 457 g/mol. The lowest BCUT2D eigenvalue weighted by Gasteiger charge is -2.59. The summed E-state index contributed by atoms with van der Waals surface area (Å²) in [6.07, 6.45) is -5.32. The smallest absolute Gasteiger partial charge is 0.249 e. The maximum absolute atomic E-state index is 13.1. The van der Waals surface area contributed by atoms with Crippen LogP contribution in [0.1, 0.15) is 12.0 Å². The van der Waals surface area contributed by atoms with Crippen LogP contribution in [0.5, 0.6) is 0 Å². The molecular weight excluding hydrogens is 425 g/mol. The quantitative estimate of drug-likeness (QED) is 0.251. The zero-order valence-corrected chi connectivity index (χ0v) is 18.1. The van der Waals surface area contributed by atoms with Crippen LogP contribution < -0.4 is 16.0 Å². The first kappa shape index (κ1) is 23.9. The molecule has 180 valence electrons. The Morgan fingerprint density at radius 3 is 2.38 bits per heavy atom. The summed E-state index contributed by atoms with van der Waals surface area (Å²) in [6, 6.07) is 4.56. The lowest BCUT2D eigenvalue weighted by Crippen LogP contribution is -2.80. The number of aliphatic hydroxyl groups excluding tert-OH is 2. The molecule has 2 heterocycles. The first-order valence-electron chi connectivity index (χ1n) is 10.8. The van der Waals surface area contributed by atoms with E-state index in [2.05, 4.69) is 16.0 Å². The summed E-state index contributed by atoms with van der Waals surface area (Å²) in [7, 11) is 3.25. The molecule has 1 aromatic rings. The maximum atomic E-state index is 13.1. The summed E-state index contributed by atoms with van der Waals surface area (Å²) >= 11 is 0. The Labute approximate surface area is 185 Å². The molecule has 0 spiro atoms. The van der Waals surface area contributed by atoms with Gasteiger partial charge in [-0.15, -0.1) is 0 Å². The summed E-state index contributed by atoms with van der Waals surface area (Å²) < 4.78 is 30.6. The number of halogens is 1. The number of rotatable bonds is 6. The Morgan fingerprint density at radius 1 is 1.03 bits per heavy atom. The number of fused-ring (bicyclic) bond motifs is 2. The number of ether oxygens (including phenoxy) is 3. The van der Waals surface area contributed by atoms with Crippen molar-refractivity contribution in [1.29, 1.82) is 0 Å². The second-order valence-electron chi connectivity index (χ2n) is 8.70. The molecule has 0 amide bonds. The van der Waals surface area contributed by atoms with E-state index in [0.29, 0.717) is 6.54 Å². The van der Waals surface area contributed by atoms with Gasteiger partial charge in [0.25, 0.3) is 0 Å². The summed E-state index contributed by atoms with van der Waals surface area (Å²) in [5, 5.41) is 53.2. The predicted octanol–water partition coefficient (Wildman–Crippen LogP) is -2.22. The van der Waals surface area contributed by atoms with Crippen molar-refractivity contribution in [2.24, 2.45) is 0 Å². The Balaban J connectivity index is 1.53. The molecule has 0 radical (unpaired) electrons. The van der Waals surface area contributed by atoms with Gasteiger partial charge in [-0.3, -0.25) is 0 Å². The standard InChI is InChI=1S/C21H32FN3O7/c1-23-13-15(26)14(24-2)17-18(16(13)27)31-19-21(29,32-17)20(28,7-8-30-19)10-25-9-11-3-5-12(22)6-4-11/h3-6,13-19,23-29H,7-10H2,1-2H3. The minimum absolute atomic E-state index is 0.0596. The molecule has 1 saturated carbocycles. The van der Waals surface area contributed by atoms with E-state index in [1.165, 1.54) is 12.1 Å². The van der Waals surface area contributed by atoms with Gasteiger partial charge < -0.3 is 50.6 Å². The summed E-state index contributed by atoms with van der Waals surface area (Å²) in [6.45, 7) is 0.375. The Morgan fingerprint density at radius 2 is 1.72 bits per heavy atom. The molecule has 1 aliphatic carbocycles. The molecule has 11 heteroatoms. The topological polar surface area (TPSA) is 145 Å². The normalized spacial score (nSPS) is 44.0. The predicted molar refractivity (Wildman–Crippen MR) is 110 cm³/mol. The van der Waals surface area contributed by atoms with Crippen molar-refractivity contribution >= 4 is 0 Å². The Bertz CT molecular complexity index is 789. The van der Waals surface area contributed by atoms with Crippen LogP contribution in [0.3, 0.4) is 0 Å². The fourth-order valence-electron chi connectivity index (χ4n) is 4.92. The number of benzene rings is 1. The van der Waals surface area contributed by atoms with Crippen molar-refractivity contribution in [2.45, 2.75) is 67.1 Å². The third kappa shape index (κ3) is 3.96. The highest BCUT2D eigenvalue weighted by atomic mass is 19.1. The molecule has 9 atom stereocenters. The zero-order valence-electron chi connectivity index (χ0n) is 18.1. The maximum Gasteiger partial charge on any atom is 0.249 e. The van der Waals surface area contributed by atoms with Gasteiger partial charge in [0.05, 0.1) is 24.8 Å². The first-order chi connectivity index (χ1) is 15.2. The fourth-order valence-corrected chi connectivity index (χ4v) is 4.92. The zero-order chi connectivity index (χ0) is 23.1. The van der Waals surface area contributed by atoms with Gasteiger partial charge >= 0.3 is 0 Å². The molecule has 9 unspecified atom stereocenters. The number of hydrogen-bond acceptors (Lipinski definition) is 10. The van der Waals surface area contributed by atoms with E-state index in [1.54, 1.807) is 26.2 Å². The van der Waals surface area contributed by atoms with Crippen LogP contribution in [0.25, 0.3) is 0 Å². The second kappa shape index (κ2) is 9.18. The molecule has 2 aliphatic heterocycles. The van der Waals surface area contributed by atoms with Gasteiger partial charge in [-0.25, -0.2) is 4.39 Å². The third-order valence-corrected chi connectivity index (χ3v) is 6.81. The Hall–Kier alpha value is -1.25. The van der Waals surface area contributed by atoms with Crippen molar-refractivity contribution in [3.8, 4) is 0 Å². The van der Waals surface area contributed by atoms with E-state index < -0.39 is 54.2 Å². The molecule has 10 nitrogen and oxygen atoms in total. The lowest BCUT2D eigenvalue weighted by molar-refractivity contribution is -0.475. The van der Waals surface area contributed by atoms with E-state index in [9.17, 15) is 24.8 Å². The molecule has 3 aliphatic rings. The molecule has 2 saturated heterocycles. The van der Waals surface area contributed by atoms with Crippen molar-refractivity contribution < 1.29 is 39.0 Å². The minimum atomic E-state index is -2.25. The molecule has 7 N–H and O–H groups in total. The van der Waals surface area contributed by atoms with Gasteiger partial charge in [-0.1, -0.05) is 12.1 Å². The summed E-state index contributed by atoms with van der Waals surface area (Å²) in [4.78, 5) is 0. The summed E-state index contributed by atoms with van der Waals surface area (Å²) in [5.74, 6) is -2.59. The van der Waals surface area contributed by atoms with Gasteiger partial charge in [0.15, 0.2) is 0 Å². The second-order valence-corrected chi connectivity index (χ2v) is 8.70. The van der Waals surface area contributed by atoms with Crippen molar-refractivity contribution in [1.82, 2.24) is 16.0 Å². The molecule has 0 bridgehead atoms. The van der Waals surface area contributed by atoms with Crippen LogP contribution in [0.2, 0.25) is 0 Å². The van der Waals surface area contributed by atoms with Crippen LogP contribution >= 0.6 is 0 Å². The molecule has 4 rings (SSSR count). The van der Waals surface area contributed by atoms with E-state index in [4.69, 9.17) is 14.2 Å².